The highest BCUT2D eigenvalue weighted by atomic mass is 16.5. The first-order valence-electron chi connectivity index (χ1n) is 7.90. The molecular formula is C17H25NO2. The lowest BCUT2D eigenvalue weighted by molar-refractivity contribution is 0.00876. The first-order chi connectivity index (χ1) is 9.86. The van der Waals surface area contributed by atoms with Gasteiger partial charge >= 0.3 is 0 Å². The van der Waals surface area contributed by atoms with E-state index in [-0.39, 0.29) is 0 Å². The van der Waals surface area contributed by atoms with E-state index in [0.717, 1.165) is 31.8 Å². The van der Waals surface area contributed by atoms with Crippen LogP contribution < -0.4 is 10.1 Å². The van der Waals surface area contributed by atoms with Gasteiger partial charge in [-0.15, -0.1) is 0 Å². The molecule has 0 aromatic heterocycles. The molecular weight excluding hydrogens is 250 g/mol. The maximum absolute atomic E-state index is 6.12. The van der Waals surface area contributed by atoms with Crippen molar-refractivity contribution in [2.24, 2.45) is 0 Å². The molecule has 1 aromatic carbocycles. The van der Waals surface area contributed by atoms with E-state index < -0.39 is 0 Å². The van der Waals surface area contributed by atoms with Crippen LogP contribution in [0.15, 0.2) is 18.2 Å². The zero-order valence-corrected chi connectivity index (χ0v) is 12.4. The molecule has 1 aromatic rings. The Balaban J connectivity index is 1.49. The highest BCUT2D eigenvalue weighted by Gasteiger charge is 2.24. The Morgan fingerprint density at radius 3 is 3.10 bits per heavy atom. The van der Waals surface area contributed by atoms with Crippen LogP contribution in [-0.4, -0.2) is 32.4 Å². The third-order valence-electron chi connectivity index (χ3n) is 4.55. The molecule has 1 saturated carbocycles. The van der Waals surface area contributed by atoms with Gasteiger partial charge in [-0.2, -0.15) is 0 Å². The predicted octanol–water partition coefficient (Wildman–Crippen LogP) is 2.71. The summed E-state index contributed by atoms with van der Waals surface area (Å²) in [5.74, 6) is 1.07. The SMILES string of the molecule is CNC1CCCCC1OCCc1ccc2c(c1)CCO2. The lowest BCUT2D eigenvalue weighted by Crippen LogP contribution is -2.42. The molecule has 0 radical (unpaired) electrons. The molecule has 1 heterocycles. The van der Waals surface area contributed by atoms with Gasteiger partial charge in [0, 0.05) is 12.5 Å². The lowest BCUT2D eigenvalue weighted by atomic mass is 9.92. The number of rotatable bonds is 5. The van der Waals surface area contributed by atoms with Crippen LogP contribution in [0.25, 0.3) is 0 Å². The molecule has 3 rings (SSSR count). The molecule has 0 spiro atoms. The average molecular weight is 275 g/mol. The number of ether oxygens (including phenoxy) is 2. The van der Waals surface area contributed by atoms with Gasteiger partial charge in [-0.3, -0.25) is 0 Å². The second kappa shape index (κ2) is 6.59. The topological polar surface area (TPSA) is 30.5 Å². The molecule has 20 heavy (non-hydrogen) atoms. The fraction of sp³-hybridized carbons (Fsp3) is 0.647. The summed E-state index contributed by atoms with van der Waals surface area (Å²) in [6.07, 6.45) is 7.52. The first-order valence-corrected chi connectivity index (χ1v) is 7.90. The van der Waals surface area contributed by atoms with Crippen LogP contribution in [0, 0.1) is 0 Å². The quantitative estimate of drug-likeness (QED) is 0.896. The molecule has 1 N–H and O–H groups in total. The molecule has 3 nitrogen and oxygen atoms in total. The van der Waals surface area contributed by atoms with E-state index in [9.17, 15) is 0 Å². The minimum atomic E-state index is 0.395. The summed E-state index contributed by atoms with van der Waals surface area (Å²) in [6, 6.07) is 7.10. The van der Waals surface area contributed by atoms with E-state index in [1.165, 1.54) is 36.8 Å². The van der Waals surface area contributed by atoms with E-state index in [0.29, 0.717) is 12.1 Å². The number of hydrogen-bond donors (Lipinski definition) is 1. The van der Waals surface area contributed by atoms with E-state index in [4.69, 9.17) is 9.47 Å². The van der Waals surface area contributed by atoms with Gasteiger partial charge in [0.25, 0.3) is 0 Å². The third kappa shape index (κ3) is 3.15. The molecule has 1 aliphatic carbocycles. The van der Waals surface area contributed by atoms with Gasteiger partial charge in [-0.1, -0.05) is 25.0 Å². The Bertz CT molecular complexity index is 447. The summed E-state index contributed by atoms with van der Waals surface area (Å²) < 4.78 is 11.7. The molecule has 0 bridgehead atoms. The van der Waals surface area contributed by atoms with Crippen LogP contribution in [0.1, 0.15) is 36.8 Å². The van der Waals surface area contributed by atoms with Crippen molar-refractivity contribution in [1.82, 2.24) is 5.32 Å². The molecule has 0 amide bonds. The third-order valence-corrected chi connectivity index (χ3v) is 4.55. The van der Waals surface area contributed by atoms with Crippen LogP contribution in [0.2, 0.25) is 0 Å². The molecule has 110 valence electrons. The van der Waals surface area contributed by atoms with Gasteiger partial charge in [0.15, 0.2) is 0 Å². The van der Waals surface area contributed by atoms with Gasteiger partial charge in [0.1, 0.15) is 5.75 Å². The molecule has 2 aliphatic rings. The molecule has 1 aliphatic heterocycles. The number of nitrogens with one attached hydrogen (secondary N) is 1. The molecule has 2 unspecified atom stereocenters. The Morgan fingerprint density at radius 1 is 1.30 bits per heavy atom. The zero-order chi connectivity index (χ0) is 13.8. The standard InChI is InChI=1S/C17H25NO2/c1-18-15-4-2-3-5-17(15)20-10-8-13-6-7-16-14(12-13)9-11-19-16/h6-7,12,15,17-18H,2-5,8-11H2,1H3. The van der Waals surface area contributed by atoms with Crippen LogP contribution in [-0.2, 0) is 17.6 Å². The Labute approximate surface area is 121 Å². The Kier molecular flexibility index (Phi) is 4.58. The smallest absolute Gasteiger partial charge is 0.122 e. The average Bonchev–Trinajstić information content (AvgIpc) is 2.95. The second-order valence-electron chi connectivity index (χ2n) is 5.88. The largest absolute Gasteiger partial charge is 0.493 e. The minimum absolute atomic E-state index is 0.395. The van der Waals surface area contributed by atoms with Crippen molar-refractivity contribution >= 4 is 0 Å². The van der Waals surface area contributed by atoms with Crippen LogP contribution >= 0.6 is 0 Å². The Hall–Kier alpha value is -1.06. The van der Waals surface area contributed by atoms with E-state index in [1.807, 2.05) is 7.05 Å². The summed E-state index contributed by atoms with van der Waals surface area (Å²) in [5.41, 5.74) is 2.72. The summed E-state index contributed by atoms with van der Waals surface area (Å²) >= 11 is 0. The number of likely N-dealkylation sites (N-methyl/N-ethyl adjacent to an activating group) is 1. The molecule has 1 fully saturated rings. The van der Waals surface area contributed by atoms with Gasteiger partial charge < -0.3 is 14.8 Å². The molecule has 0 saturated heterocycles. The van der Waals surface area contributed by atoms with Crippen molar-refractivity contribution in [3.05, 3.63) is 29.3 Å². The predicted molar refractivity (Wildman–Crippen MR) is 80.4 cm³/mol. The van der Waals surface area contributed by atoms with Gasteiger partial charge in [0.05, 0.1) is 19.3 Å². The summed E-state index contributed by atoms with van der Waals surface area (Å²) in [6.45, 7) is 1.66. The van der Waals surface area contributed by atoms with Gasteiger partial charge in [-0.25, -0.2) is 0 Å². The first kappa shape index (κ1) is 13.9. The minimum Gasteiger partial charge on any atom is -0.493 e. The maximum Gasteiger partial charge on any atom is 0.122 e. The number of hydrogen-bond acceptors (Lipinski definition) is 3. The van der Waals surface area contributed by atoms with Gasteiger partial charge in [-0.05, 0) is 43.5 Å². The van der Waals surface area contributed by atoms with Crippen molar-refractivity contribution < 1.29 is 9.47 Å². The number of fused-ring (bicyclic) bond motifs is 1. The highest BCUT2D eigenvalue weighted by molar-refractivity contribution is 5.39. The highest BCUT2D eigenvalue weighted by Crippen LogP contribution is 2.26. The van der Waals surface area contributed by atoms with E-state index in [1.54, 1.807) is 0 Å². The van der Waals surface area contributed by atoms with Gasteiger partial charge in [0.2, 0.25) is 0 Å². The summed E-state index contributed by atoms with van der Waals surface area (Å²) in [7, 11) is 2.05. The second-order valence-corrected chi connectivity index (χ2v) is 5.88. The zero-order valence-electron chi connectivity index (χ0n) is 12.4. The Morgan fingerprint density at radius 2 is 2.20 bits per heavy atom. The van der Waals surface area contributed by atoms with Crippen molar-refractivity contribution in [2.45, 2.75) is 50.7 Å². The molecule has 3 heteroatoms. The maximum atomic E-state index is 6.12. The van der Waals surface area contributed by atoms with E-state index >= 15 is 0 Å². The monoisotopic (exact) mass is 275 g/mol. The summed E-state index contributed by atoms with van der Waals surface area (Å²) in [5, 5.41) is 3.40. The van der Waals surface area contributed by atoms with Crippen LogP contribution in [0.3, 0.4) is 0 Å². The van der Waals surface area contributed by atoms with Crippen molar-refractivity contribution in [3.63, 3.8) is 0 Å². The van der Waals surface area contributed by atoms with Crippen LogP contribution in [0.4, 0.5) is 0 Å². The van der Waals surface area contributed by atoms with Crippen molar-refractivity contribution in [3.8, 4) is 5.75 Å². The fourth-order valence-electron chi connectivity index (χ4n) is 3.35. The number of benzene rings is 1. The summed E-state index contributed by atoms with van der Waals surface area (Å²) in [4.78, 5) is 0. The van der Waals surface area contributed by atoms with Crippen LogP contribution in [0.5, 0.6) is 5.75 Å². The normalized spacial score (nSPS) is 25.2. The molecule has 2 atom stereocenters. The van der Waals surface area contributed by atoms with Crippen molar-refractivity contribution in [2.75, 3.05) is 20.3 Å². The van der Waals surface area contributed by atoms with Crippen molar-refractivity contribution in [1.29, 1.82) is 0 Å². The lowest BCUT2D eigenvalue weighted by Gasteiger charge is -2.31. The fourth-order valence-corrected chi connectivity index (χ4v) is 3.35. The van der Waals surface area contributed by atoms with E-state index in [2.05, 4.69) is 23.5 Å².